The minimum Gasteiger partial charge on any atom is -0.394 e. The van der Waals surface area contributed by atoms with E-state index in [0.717, 1.165) is 34.3 Å². The highest BCUT2D eigenvalue weighted by Crippen LogP contribution is 2.34. The summed E-state index contributed by atoms with van der Waals surface area (Å²) in [4.78, 5) is 4.74. The van der Waals surface area contributed by atoms with E-state index >= 15 is 0 Å². The van der Waals surface area contributed by atoms with Gasteiger partial charge in [-0.15, -0.1) is 0 Å². The highest BCUT2D eigenvalue weighted by molar-refractivity contribution is 9.10. The molecule has 1 fully saturated rings. The average Bonchev–Trinajstić information content (AvgIpc) is 3.24. The summed E-state index contributed by atoms with van der Waals surface area (Å²) in [7, 11) is 0. The van der Waals surface area contributed by atoms with Crippen LogP contribution >= 0.6 is 15.9 Å². The van der Waals surface area contributed by atoms with Gasteiger partial charge in [0, 0.05) is 11.0 Å². The summed E-state index contributed by atoms with van der Waals surface area (Å²) in [6.07, 6.45) is 1.54. The van der Waals surface area contributed by atoms with Crippen molar-refractivity contribution in [2.75, 3.05) is 11.9 Å². The fourth-order valence-corrected chi connectivity index (χ4v) is 3.52. The summed E-state index contributed by atoms with van der Waals surface area (Å²) in [6, 6.07) is 16.3. The zero-order valence-electron chi connectivity index (χ0n) is 13.7. The predicted octanol–water partition coefficient (Wildman–Crippen LogP) is 4.08. The number of para-hydroxylation sites is 2. The van der Waals surface area contributed by atoms with Crippen LogP contribution in [0.25, 0.3) is 11.0 Å². The number of hydrogen-bond acceptors (Lipinski definition) is 4. The number of rotatable bonds is 5. The van der Waals surface area contributed by atoms with Crippen molar-refractivity contribution < 1.29 is 9.84 Å². The van der Waals surface area contributed by atoms with Crippen LogP contribution in [0.4, 0.5) is 5.95 Å². The maximum atomic E-state index is 9.37. The largest absolute Gasteiger partial charge is 0.394 e. The van der Waals surface area contributed by atoms with Gasteiger partial charge in [0.25, 0.3) is 0 Å². The Balaban J connectivity index is 1.63. The number of hydrogen-bond donors (Lipinski definition) is 2. The van der Waals surface area contributed by atoms with Crippen LogP contribution in [0.3, 0.4) is 0 Å². The van der Waals surface area contributed by atoms with E-state index in [-0.39, 0.29) is 18.9 Å². The molecule has 2 atom stereocenters. The van der Waals surface area contributed by atoms with Gasteiger partial charge in [0.05, 0.1) is 23.7 Å². The number of halogens is 1. The fraction of sp³-hybridized carbons (Fsp3) is 0.316. The molecular formula is C19H20BrN3O2. The van der Waals surface area contributed by atoms with E-state index in [2.05, 4.69) is 44.0 Å². The molecule has 130 valence electrons. The SMILES string of the molecule is OC[C@@H]1CC[C@H](n2c(NCc3ccc(Br)cc3)nc3ccccc32)O1. The van der Waals surface area contributed by atoms with Gasteiger partial charge in [-0.05, 0) is 42.7 Å². The van der Waals surface area contributed by atoms with Crippen molar-refractivity contribution >= 4 is 32.9 Å². The second-order valence-corrected chi connectivity index (χ2v) is 7.16. The summed E-state index contributed by atoms with van der Waals surface area (Å²) < 4.78 is 9.18. The van der Waals surface area contributed by atoms with Gasteiger partial charge in [0.1, 0.15) is 6.23 Å². The van der Waals surface area contributed by atoms with E-state index in [4.69, 9.17) is 9.72 Å². The molecule has 5 nitrogen and oxygen atoms in total. The molecule has 6 heteroatoms. The minimum atomic E-state index is -0.100. The first-order chi connectivity index (χ1) is 12.2. The fourth-order valence-electron chi connectivity index (χ4n) is 3.26. The molecule has 0 radical (unpaired) electrons. The third-order valence-corrected chi connectivity index (χ3v) is 5.07. The molecule has 2 heterocycles. The van der Waals surface area contributed by atoms with Crippen LogP contribution < -0.4 is 5.32 Å². The van der Waals surface area contributed by atoms with Crippen molar-refractivity contribution in [1.82, 2.24) is 9.55 Å². The zero-order valence-corrected chi connectivity index (χ0v) is 15.3. The number of benzene rings is 2. The van der Waals surface area contributed by atoms with Gasteiger partial charge in [-0.25, -0.2) is 4.98 Å². The van der Waals surface area contributed by atoms with E-state index in [9.17, 15) is 5.11 Å². The number of aliphatic hydroxyl groups excluding tert-OH is 1. The van der Waals surface area contributed by atoms with Gasteiger partial charge in [0.2, 0.25) is 5.95 Å². The van der Waals surface area contributed by atoms with E-state index in [1.165, 1.54) is 5.56 Å². The number of nitrogens with zero attached hydrogens (tertiary/aromatic N) is 2. The number of aliphatic hydroxyl groups is 1. The molecule has 2 aromatic carbocycles. The molecule has 0 spiro atoms. The number of ether oxygens (including phenoxy) is 1. The van der Waals surface area contributed by atoms with Crippen LogP contribution in [0.1, 0.15) is 24.6 Å². The molecule has 2 N–H and O–H groups in total. The van der Waals surface area contributed by atoms with E-state index in [1.807, 2.05) is 30.3 Å². The molecule has 1 aliphatic rings. The topological polar surface area (TPSA) is 59.3 Å². The molecule has 0 unspecified atom stereocenters. The molecule has 0 saturated carbocycles. The summed E-state index contributed by atoms with van der Waals surface area (Å²) in [5.41, 5.74) is 3.17. The number of fused-ring (bicyclic) bond motifs is 1. The Kier molecular flexibility index (Phi) is 4.74. The summed E-state index contributed by atoms with van der Waals surface area (Å²) in [5, 5.41) is 12.8. The summed E-state index contributed by atoms with van der Waals surface area (Å²) in [5.74, 6) is 0.799. The first-order valence-corrected chi connectivity index (χ1v) is 9.25. The zero-order chi connectivity index (χ0) is 17.2. The van der Waals surface area contributed by atoms with Crippen molar-refractivity contribution in [2.45, 2.75) is 31.7 Å². The lowest BCUT2D eigenvalue weighted by atomic mass is 10.2. The molecular weight excluding hydrogens is 382 g/mol. The van der Waals surface area contributed by atoms with Gasteiger partial charge in [-0.1, -0.05) is 40.2 Å². The minimum absolute atomic E-state index is 0.0603. The summed E-state index contributed by atoms with van der Waals surface area (Å²) >= 11 is 3.46. The number of nitrogens with one attached hydrogen (secondary N) is 1. The molecule has 0 aliphatic carbocycles. The standard InChI is InChI=1S/C19H20BrN3O2/c20-14-7-5-13(6-8-14)11-21-19-22-16-3-1-2-4-17(16)23(19)18-10-9-15(12-24)25-18/h1-8,15,18,24H,9-12H2,(H,21,22)/t15-,18+/m0/s1. The Morgan fingerprint density at radius 2 is 1.96 bits per heavy atom. The maximum Gasteiger partial charge on any atom is 0.206 e. The first kappa shape index (κ1) is 16.6. The van der Waals surface area contributed by atoms with Gasteiger partial charge in [-0.3, -0.25) is 4.57 Å². The highest BCUT2D eigenvalue weighted by atomic mass is 79.9. The van der Waals surface area contributed by atoms with Gasteiger partial charge < -0.3 is 15.2 Å². The van der Waals surface area contributed by atoms with Crippen molar-refractivity contribution in [2.24, 2.45) is 0 Å². The molecule has 0 amide bonds. The Bertz CT molecular complexity index is 863. The average molecular weight is 402 g/mol. The number of anilines is 1. The van der Waals surface area contributed by atoms with Crippen molar-refractivity contribution in [3.8, 4) is 0 Å². The molecule has 3 aromatic rings. The van der Waals surface area contributed by atoms with Crippen LogP contribution in [0.15, 0.2) is 53.0 Å². The van der Waals surface area contributed by atoms with Crippen LogP contribution in [0.5, 0.6) is 0 Å². The Morgan fingerprint density at radius 1 is 1.16 bits per heavy atom. The Labute approximate surface area is 154 Å². The lowest BCUT2D eigenvalue weighted by molar-refractivity contribution is -0.0195. The highest BCUT2D eigenvalue weighted by Gasteiger charge is 2.29. The smallest absolute Gasteiger partial charge is 0.206 e. The molecule has 4 rings (SSSR count). The van der Waals surface area contributed by atoms with E-state index in [0.29, 0.717) is 6.54 Å². The van der Waals surface area contributed by atoms with Gasteiger partial charge in [-0.2, -0.15) is 0 Å². The third kappa shape index (κ3) is 3.42. The normalized spacial score (nSPS) is 20.2. The first-order valence-electron chi connectivity index (χ1n) is 8.46. The van der Waals surface area contributed by atoms with Crippen LogP contribution in [-0.4, -0.2) is 27.4 Å². The lowest BCUT2D eigenvalue weighted by Gasteiger charge is -2.18. The number of aromatic nitrogens is 2. The molecule has 1 aromatic heterocycles. The lowest BCUT2D eigenvalue weighted by Crippen LogP contribution is -2.16. The Morgan fingerprint density at radius 3 is 2.72 bits per heavy atom. The molecule has 0 bridgehead atoms. The monoisotopic (exact) mass is 401 g/mol. The van der Waals surface area contributed by atoms with Gasteiger partial charge >= 0.3 is 0 Å². The van der Waals surface area contributed by atoms with Crippen molar-refractivity contribution in [3.63, 3.8) is 0 Å². The van der Waals surface area contributed by atoms with Crippen LogP contribution in [0, 0.1) is 0 Å². The predicted molar refractivity (Wildman–Crippen MR) is 101 cm³/mol. The molecule has 25 heavy (non-hydrogen) atoms. The maximum absolute atomic E-state index is 9.37. The van der Waals surface area contributed by atoms with Crippen molar-refractivity contribution in [1.29, 1.82) is 0 Å². The van der Waals surface area contributed by atoms with Crippen LogP contribution in [-0.2, 0) is 11.3 Å². The van der Waals surface area contributed by atoms with E-state index < -0.39 is 0 Å². The van der Waals surface area contributed by atoms with Crippen molar-refractivity contribution in [3.05, 3.63) is 58.6 Å². The van der Waals surface area contributed by atoms with E-state index in [1.54, 1.807) is 0 Å². The number of imidazole rings is 1. The second-order valence-electron chi connectivity index (χ2n) is 6.25. The summed E-state index contributed by atoms with van der Waals surface area (Å²) in [6.45, 7) is 0.748. The molecule has 1 saturated heterocycles. The third-order valence-electron chi connectivity index (χ3n) is 4.54. The Hall–Kier alpha value is -1.89. The molecule has 1 aliphatic heterocycles. The van der Waals surface area contributed by atoms with Gasteiger partial charge in [0.15, 0.2) is 0 Å². The van der Waals surface area contributed by atoms with Crippen LogP contribution in [0.2, 0.25) is 0 Å². The quantitative estimate of drug-likeness (QED) is 0.675. The second kappa shape index (κ2) is 7.15.